The summed E-state index contributed by atoms with van der Waals surface area (Å²) < 4.78 is 33.7. The van der Waals surface area contributed by atoms with Crippen LogP contribution in [0.2, 0.25) is 0 Å². The van der Waals surface area contributed by atoms with Crippen LogP contribution in [0.25, 0.3) is 10.8 Å². The third-order valence-corrected chi connectivity index (χ3v) is 3.51. The summed E-state index contributed by atoms with van der Waals surface area (Å²) in [6, 6.07) is 13.0. The van der Waals surface area contributed by atoms with Gasteiger partial charge in [-0.05, 0) is 35.0 Å². The second kappa shape index (κ2) is 5.33. The number of nitrogen functional groups attached to an aromatic ring is 1. The molecule has 0 radical (unpaired) electrons. The molecule has 0 saturated heterocycles. The van der Waals surface area contributed by atoms with Gasteiger partial charge >= 0.3 is 0 Å². The first-order chi connectivity index (χ1) is 10.0. The van der Waals surface area contributed by atoms with Crippen molar-refractivity contribution in [3.63, 3.8) is 0 Å². The fourth-order valence-corrected chi connectivity index (χ4v) is 2.43. The van der Waals surface area contributed by atoms with Gasteiger partial charge in [0.05, 0.1) is 0 Å². The van der Waals surface area contributed by atoms with E-state index in [2.05, 4.69) is 15.9 Å². The molecule has 0 atom stereocenters. The van der Waals surface area contributed by atoms with Gasteiger partial charge in [0.1, 0.15) is 5.75 Å². The molecule has 0 aliphatic carbocycles. The lowest BCUT2D eigenvalue weighted by Crippen LogP contribution is -1.95. The van der Waals surface area contributed by atoms with Crippen molar-refractivity contribution in [2.75, 3.05) is 5.73 Å². The van der Waals surface area contributed by atoms with Crippen molar-refractivity contribution in [3.05, 3.63) is 64.6 Å². The van der Waals surface area contributed by atoms with Crippen molar-refractivity contribution >= 4 is 32.4 Å². The molecule has 0 aliphatic heterocycles. The highest BCUT2D eigenvalue weighted by Gasteiger charge is 2.13. The van der Waals surface area contributed by atoms with E-state index in [9.17, 15) is 8.78 Å². The third-order valence-electron chi connectivity index (χ3n) is 3.01. The molecule has 106 valence electrons. The first kappa shape index (κ1) is 13.8. The van der Waals surface area contributed by atoms with E-state index < -0.39 is 17.4 Å². The lowest BCUT2D eigenvalue weighted by atomic mass is 10.1. The van der Waals surface area contributed by atoms with Crippen LogP contribution in [0.5, 0.6) is 11.5 Å². The fourth-order valence-electron chi connectivity index (χ4n) is 2.05. The largest absolute Gasteiger partial charge is 0.451 e. The van der Waals surface area contributed by atoms with E-state index in [4.69, 9.17) is 10.5 Å². The van der Waals surface area contributed by atoms with Crippen molar-refractivity contribution in [2.45, 2.75) is 0 Å². The molecule has 0 spiro atoms. The molecule has 3 aromatic rings. The van der Waals surface area contributed by atoms with Gasteiger partial charge in [0.2, 0.25) is 0 Å². The fraction of sp³-hybridized carbons (Fsp3) is 0. The Hall–Kier alpha value is -2.14. The molecule has 0 heterocycles. The van der Waals surface area contributed by atoms with Crippen LogP contribution < -0.4 is 10.5 Å². The standard InChI is InChI=1S/C16H10BrF2NO/c17-11-3-1-10-6-13(4-2-9(10)5-11)21-16-14(18)7-12(20)8-15(16)19/h1-8H,20H2. The molecule has 0 saturated carbocycles. The molecule has 5 heteroatoms. The maximum absolute atomic E-state index is 13.7. The molecule has 3 aromatic carbocycles. The Kier molecular flexibility index (Phi) is 3.51. The van der Waals surface area contributed by atoms with Crippen molar-refractivity contribution in [1.29, 1.82) is 0 Å². The summed E-state index contributed by atoms with van der Waals surface area (Å²) >= 11 is 3.39. The van der Waals surface area contributed by atoms with E-state index in [1.54, 1.807) is 12.1 Å². The van der Waals surface area contributed by atoms with Gasteiger partial charge in [-0.15, -0.1) is 0 Å². The minimum atomic E-state index is -0.830. The molecule has 0 amide bonds. The zero-order chi connectivity index (χ0) is 15.0. The van der Waals surface area contributed by atoms with Gasteiger partial charge in [0, 0.05) is 22.3 Å². The van der Waals surface area contributed by atoms with Gasteiger partial charge in [-0.1, -0.05) is 28.1 Å². The van der Waals surface area contributed by atoms with Crippen LogP contribution >= 0.6 is 15.9 Å². The topological polar surface area (TPSA) is 35.2 Å². The number of hydrogen-bond acceptors (Lipinski definition) is 2. The zero-order valence-electron chi connectivity index (χ0n) is 10.7. The minimum Gasteiger partial charge on any atom is -0.451 e. The van der Waals surface area contributed by atoms with Crippen molar-refractivity contribution in [3.8, 4) is 11.5 Å². The summed E-state index contributed by atoms with van der Waals surface area (Å²) in [6.07, 6.45) is 0. The molecule has 0 bridgehead atoms. The Labute approximate surface area is 128 Å². The highest BCUT2D eigenvalue weighted by atomic mass is 79.9. The smallest absolute Gasteiger partial charge is 0.198 e. The number of ether oxygens (including phenoxy) is 1. The van der Waals surface area contributed by atoms with E-state index in [-0.39, 0.29) is 5.69 Å². The summed E-state index contributed by atoms with van der Waals surface area (Å²) in [4.78, 5) is 0. The SMILES string of the molecule is Nc1cc(F)c(Oc2ccc3cc(Br)ccc3c2)c(F)c1. The molecule has 2 nitrogen and oxygen atoms in total. The van der Waals surface area contributed by atoms with Gasteiger partial charge in [0.25, 0.3) is 0 Å². The molecular formula is C16H10BrF2NO. The van der Waals surface area contributed by atoms with Crippen molar-refractivity contribution in [1.82, 2.24) is 0 Å². The average molecular weight is 350 g/mol. The van der Waals surface area contributed by atoms with Gasteiger partial charge in [-0.25, -0.2) is 8.78 Å². The lowest BCUT2D eigenvalue weighted by Gasteiger charge is -2.09. The molecule has 2 N–H and O–H groups in total. The quantitative estimate of drug-likeness (QED) is 0.641. The van der Waals surface area contributed by atoms with Crippen LogP contribution in [-0.4, -0.2) is 0 Å². The Morgan fingerprint density at radius 2 is 1.48 bits per heavy atom. The maximum atomic E-state index is 13.7. The van der Waals surface area contributed by atoms with Gasteiger partial charge < -0.3 is 10.5 Å². The first-order valence-electron chi connectivity index (χ1n) is 6.14. The van der Waals surface area contributed by atoms with Crippen LogP contribution in [0.15, 0.2) is 53.0 Å². The van der Waals surface area contributed by atoms with Crippen LogP contribution in [0, 0.1) is 11.6 Å². The summed E-state index contributed by atoms with van der Waals surface area (Å²) in [7, 11) is 0. The normalized spacial score (nSPS) is 10.8. The van der Waals surface area contributed by atoms with Gasteiger partial charge in [-0.3, -0.25) is 0 Å². The predicted molar refractivity (Wildman–Crippen MR) is 82.5 cm³/mol. The molecule has 0 fully saturated rings. The summed E-state index contributed by atoms with van der Waals surface area (Å²) in [5.41, 5.74) is 5.38. The summed E-state index contributed by atoms with van der Waals surface area (Å²) in [6.45, 7) is 0. The van der Waals surface area contributed by atoms with Gasteiger partial charge in [0.15, 0.2) is 17.4 Å². The number of nitrogens with two attached hydrogens (primary N) is 1. The van der Waals surface area contributed by atoms with E-state index in [1.165, 1.54) is 0 Å². The Balaban J connectivity index is 2.00. The highest BCUT2D eigenvalue weighted by Crippen LogP contribution is 2.31. The lowest BCUT2D eigenvalue weighted by molar-refractivity contribution is 0.408. The van der Waals surface area contributed by atoms with E-state index in [0.29, 0.717) is 5.75 Å². The van der Waals surface area contributed by atoms with Crippen LogP contribution in [0.1, 0.15) is 0 Å². The van der Waals surface area contributed by atoms with E-state index in [1.807, 2.05) is 24.3 Å². The Morgan fingerprint density at radius 3 is 2.19 bits per heavy atom. The number of rotatable bonds is 2. The van der Waals surface area contributed by atoms with Crippen LogP contribution in [0.4, 0.5) is 14.5 Å². The number of halogens is 3. The van der Waals surface area contributed by atoms with Crippen LogP contribution in [0.3, 0.4) is 0 Å². The molecule has 3 rings (SSSR count). The third kappa shape index (κ3) is 2.83. The number of fused-ring (bicyclic) bond motifs is 1. The average Bonchev–Trinajstić information content (AvgIpc) is 2.43. The minimum absolute atomic E-state index is 0.0145. The molecule has 21 heavy (non-hydrogen) atoms. The highest BCUT2D eigenvalue weighted by molar-refractivity contribution is 9.10. The van der Waals surface area contributed by atoms with Crippen molar-refractivity contribution < 1.29 is 13.5 Å². The monoisotopic (exact) mass is 349 g/mol. The maximum Gasteiger partial charge on any atom is 0.198 e. The Bertz CT molecular complexity index is 813. The van der Waals surface area contributed by atoms with Crippen molar-refractivity contribution in [2.24, 2.45) is 0 Å². The first-order valence-corrected chi connectivity index (χ1v) is 6.94. The van der Waals surface area contributed by atoms with Crippen LogP contribution in [-0.2, 0) is 0 Å². The molecule has 0 unspecified atom stereocenters. The predicted octanol–water partition coefficient (Wildman–Crippen LogP) is 5.26. The van der Waals surface area contributed by atoms with Gasteiger partial charge in [-0.2, -0.15) is 0 Å². The summed E-state index contributed by atoms with van der Waals surface area (Å²) in [5, 5.41) is 1.90. The number of benzene rings is 3. The van der Waals surface area contributed by atoms with E-state index >= 15 is 0 Å². The Morgan fingerprint density at radius 1 is 0.857 bits per heavy atom. The zero-order valence-corrected chi connectivity index (χ0v) is 12.3. The summed E-state index contributed by atoms with van der Waals surface area (Å²) in [5.74, 6) is -1.76. The second-order valence-corrected chi connectivity index (χ2v) is 5.48. The second-order valence-electron chi connectivity index (χ2n) is 4.57. The number of hydrogen-bond donors (Lipinski definition) is 1. The molecule has 0 aliphatic rings. The van der Waals surface area contributed by atoms with E-state index in [0.717, 1.165) is 27.4 Å². The molecular weight excluding hydrogens is 340 g/mol. The molecule has 0 aromatic heterocycles. The number of anilines is 1.